The zero-order valence-electron chi connectivity index (χ0n) is 15.7. The van der Waals surface area contributed by atoms with Crippen LogP contribution in [0, 0.1) is 6.92 Å². The molecule has 3 aromatic rings. The molecule has 7 heteroatoms. The lowest BCUT2D eigenvalue weighted by atomic mass is 10.2. The van der Waals surface area contributed by atoms with E-state index in [0.717, 1.165) is 66.2 Å². The molecule has 0 amide bonds. The highest BCUT2D eigenvalue weighted by Crippen LogP contribution is 2.30. The van der Waals surface area contributed by atoms with Gasteiger partial charge in [0.1, 0.15) is 18.2 Å². The van der Waals surface area contributed by atoms with Gasteiger partial charge in [-0.2, -0.15) is 0 Å². The maximum Gasteiger partial charge on any atom is 0.174 e. The largest absolute Gasteiger partial charge is 0.492 e. The van der Waals surface area contributed by atoms with E-state index in [9.17, 15) is 0 Å². The lowest BCUT2D eigenvalue weighted by Crippen LogP contribution is -2.38. The van der Waals surface area contributed by atoms with Crippen LogP contribution in [-0.2, 0) is 4.74 Å². The molecule has 1 saturated heterocycles. The molecule has 4 rings (SSSR count). The lowest BCUT2D eigenvalue weighted by Gasteiger charge is -2.26. The molecule has 0 spiro atoms. The van der Waals surface area contributed by atoms with Gasteiger partial charge in [0.05, 0.1) is 24.2 Å². The normalized spacial score (nSPS) is 15.3. The van der Waals surface area contributed by atoms with E-state index in [1.807, 2.05) is 36.7 Å². The van der Waals surface area contributed by atoms with Crippen LogP contribution in [0.3, 0.4) is 0 Å². The fourth-order valence-corrected chi connectivity index (χ4v) is 3.90. The third-order valence-electron chi connectivity index (χ3n) is 4.82. The summed E-state index contributed by atoms with van der Waals surface area (Å²) in [5, 5.41) is 0.928. The summed E-state index contributed by atoms with van der Waals surface area (Å²) in [5.41, 5.74) is 3.06. The Morgan fingerprint density at radius 2 is 2.00 bits per heavy atom. The van der Waals surface area contributed by atoms with Gasteiger partial charge >= 0.3 is 0 Å². The van der Waals surface area contributed by atoms with Crippen LogP contribution in [0.15, 0.2) is 41.7 Å². The van der Waals surface area contributed by atoms with Gasteiger partial charge in [0, 0.05) is 31.4 Å². The second-order valence-electron chi connectivity index (χ2n) is 6.48. The van der Waals surface area contributed by atoms with Crippen molar-refractivity contribution in [2.45, 2.75) is 12.1 Å². The molecule has 2 aromatic heterocycles. The Bertz CT molecular complexity index is 921. The van der Waals surface area contributed by atoms with Crippen molar-refractivity contribution in [1.29, 1.82) is 0 Å². The molecule has 1 aliphatic rings. The number of hydrogen-bond donors (Lipinski definition) is 0. The molecule has 0 N–H and O–H groups in total. The Balaban J connectivity index is 1.59. The number of imidazole rings is 1. The second kappa shape index (κ2) is 8.29. The lowest BCUT2D eigenvalue weighted by molar-refractivity contribution is 0.0322. The van der Waals surface area contributed by atoms with Crippen LogP contribution in [0.2, 0.25) is 0 Å². The van der Waals surface area contributed by atoms with Crippen LogP contribution in [-0.4, -0.2) is 65.1 Å². The highest BCUT2D eigenvalue weighted by Gasteiger charge is 2.17. The molecule has 0 unspecified atom stereocenters. The van der Waals surface area contributed by atoms with Crippen molar-refractivity contribution < 1.29 is 9.47 Å². The fraction of sp³-hybridized carbons (Fsp3) is 0.400. The van der Waals surface area contributed by atoms with Crippen LogP contribution in [0.5, 0.6) is 5.75 Å². The Kier molecular flexibility index (Phi) is 5.61. The number of ether oxygens (including phenoxy) is 2. The molecule has 1 fully saturated rings. The van der Waals surface area contributed by atoms with Gasteiger partial charge in [0.2, 0.25) is 0 Å². The minimum atomic E-state index is 0.657. The number of para-hydroxylation sites is 2. The summed E-state index contributed by atoms with van der Waals surface area (Å²) >= 11 is 1.62. The van der Waals surface area contributed by atoms with Gasteiger partial charge < -0.3 is 9.47 Å². The number of fused-ring (bicyclic) bond motifs is 1. The zero-order valence-corrected chi connectivity index (χ0v) is 16.5. The van der Waals surface area contributed by atoms with Gasteiger partial charge in [-0.05, 0) is 31.4 Å². The minimum Gasteiger partial charge on any atom is -0.492 e. The number of rotatable bonds is 6. The summed E-state index contributed by atoms with van der Waals surface area (Å²) in [7, 11) is 0. The Hall–Kier alpha value is -2.09. The number of pyridine rings is 1. The van der Waals surface area contributed by atoms with Crippen molar-refractivity contribution in [3.8, 4) is 11.6 Å². The van der Waals surface area contributed by atoms with Gasteiger partial charge in [-0.1, -0.05) is 23.9 Å². The standard InChI is InChI=1S/C20H24N4O2S/c1-15-18(26-14-11-23-9-12-25-13-10-23)7-8-21-19(15)24-17-6-4-3-5-16(17)22-20(24)27-2/h3-8H,9-14H2,1-2H3. The van der Waals surface area contributed by atoms with E-state index in [2.05, 4.69) is 27.4 Å². The van der Waals surface area contributed by atoms with Crippen molar-refractivity contribution in [2.24, 2.45) is 0 Å². The number of hydrogen-bond acceptors (Lipinski definition) is 6. The molecule has 3 heterocycles. The molecule has 0 radical (unpaired) electrons. The van der Waals surface area contributed by atoms with Gasteiger partial charge in [-0.25, -0.2) is 9.97 Å². The monoisotopic (exact) mass is 384 g/mol. The van der Waals surface area contributed by atoms with Crippen LogP contribution < -0.4 is 4.74 Å². The van der Waals surface area contributed by atoms with Crippen LogP contribution in [0.4, 0.5) is 0 Å². The van der Waals surface area contributed by atoms with Crippen molar-refractivity contribution >= 4 is 22.8 Å². The first-order valence-electron chi connectivity index (χ1n) is 9.18. The predicted octanol–water partition coefficient (Wildman–Crippen LogP) is 3.16. The molecule has 0 bridgehead atoms. The minimum absolute atomic E-state index is 0.657. The van der Waals surface area contributed by atoms with E-state index in [-0.39, 0.29) is 0 Å². The van der Waals surface area contributed by atoms with E-state index in [0.29, 0.717) is 6.61 Å². The van der Waals surface area contributed by atoms with Crippen molar-refractivity contribution in [1.82, 2.24) is 19.4 Å². The SMILES string of the molecule is CSc1nc2ccccc2n1-c1nccc(OCCN2CCOCC2)c1C. The molecule has 1 aromatic carbocycles. The first-order chi connectivity index (χ1) is 13.3. The molecule has 0 aliphatic carbocycles. The zero-order chi connectivity index (χ0) is 18.6. The van der Waals surface area contributed by atoms with E-state index in [1.54, 1.807) is 11.8 Å². The van der Waals surface area contributed by atoms with Crippen molar-refractivity contribution in [2.75, 3.05) is 45.7 Å². The highest BCUT2D eigenvalue weighted by atomic mass is 32.2. The number of morpholine rings is 1. The first-order valence-corrected chi connectivity index (χ1v) is 10.4. The smallest absolute Gasteiger partial charge is 0.174 e. The summed E-state index contributed by atoms with van der Waals surface area (Å²) in [4.78, 5) is 11.7. The summed E-state index contributed by atoms with van der Waals surface area (Å²) < 4.78 is 13.6. The summed E-state index contributed by atoms with van der Waals surface area (Å²) in [5.74, 6) is 1.75. The summed E-state index contributed by atoms with van der Waals surface area (Å²) in [6.07, 6.45) is 3.85. The predicted molar refractivity (Wildman–Crippen MR) is 108 cm³/mol. The van der Waals surface area contributed by atoms with Crippen LogP contribution in [0.1, 0.15) is 5.56 Å². The van der Waals surface area contributed by atoms with Crippen molar-refractivity contribution in [3.05, 3.63) is 42.1 Å². The maximum atomic E-state index is 6.10. The Morgan fingerprint density at radius 1 is 1.19 bits per heavy atom. The molecule has 1 aliphatic heterocycles. The van der Waals surface area contributed by atoms with E-state index >= 15 is 0 Å². The molecule has 0 saturated carbocycles. The van der Waals surface area contributed by atoms with Crippen LogP contribution >= 0.6 is 11.8 Å². The van der Waals surface area contributed by atoms with Crippen molar-refractivity contribution in [3.63, 3.8) is 0 Å². The Morgan fingerprint density at radius 3 is 2.81 bits per heavy atom. The van der Waals surface area contributed by atoms with Crippen LogP contribution in [0.25, 0.3) is 16.9 Å². The Labute approximate surface area is 163 Å². The van der Waals surface area contributed by atoms with Gasteiger partial charge in [0.25, 0.3) is 0 Å². The molecular formula is C20H24N4O2S. The third kappa shape index (κ3) is 3.81. The maximum absolute atomic E-state index is 6.10. The first kappa shape index (κ1) is 18.3. The van der Waals surface area contributed by atoms with Gasteiger partial charge in [0.15, 0.2) is 5.16 Å². The number of benzene rings is 1. The summed E-state index contributed by atoms with van der Waals surface area (Å²) in [6.45, 7) is 7.19. The molecule has 27 heavy (non-hydrogen) atoms. The molecule has 142 valence electrons. The van der Waals surface area contributed by atoms with Gasteiger partial charge in [-0.3, -0.25) is 9.47 Å². The number of nitrogens with zero attached hydrogens (tertiary/aromatic N) is 4. The quantitative estimate of drug-likeness (QED) is 0.609. The molecule has 6 nitrogen and oxygen atoms in total. The molecule has 0 atom stereocenters. The highest BCUT2D eigenvalue weighted by molar-refractivity contribution is 7.98. The van der Waals surface area contributed by atoms with E-state index in [4.69, 9.17) is 14.5 Å². The third-order valence-corrected chi connectivity index (χ3v) is 5.46. The number of aromatic nitrogens is 3. The van der Waals surface area contributed by atoms with E-state index in [1.165, 1.54) is 0 Å². The second-order valence-corrected chi connectivity index (χ2v) is 7.26. The molecular weight excluding hydrogens is 360 g/mol. The fourth-order valence-electron chi connectivity index (χ4n) is 3.34. The topological polar surface area (TPSA) is 52.4 Å². The van der Waals surface area contributed by atoms with Gasteiger partial charge in [-0.15, -0.1) is 0 Å². The average molecular weight is 385 g/mol. The van der Waals surface area contributed by atoms with E-state index < -0.39 is 0 Å². The number of thioether (sulfide) groups is 1. The average Bonchev–Trinajstić information content (AvgIpc) is 3.09. The summed E-state index contributed by atoms with van der Waals surface area (Å²) in [6, 6.07) is 10.1.